The fraction of sp³-hybridized carbons (Fsp3) is 0.571. The van der Waals surface area contributed by atoms with Gasteiger partial charge in [-0.3, -0.25) is 0 Å². The van der Waals surface area contributed by atoms with Gasteiger partial charge in [0.15, 0.2) is 0 Å². The third kappa shape index (κ3) is 2.70. The molecule has 1 aliphatic rings. The Labute approximate surface area is 109 Å². The highest BCUT2D eigenvalue weighted by Crippen LogP contribution is 2.32. The molecule has 18 heavy (non-hydrogen) atoms. The van der Waals surface area contributed by atoms with Gasteiger partial charge in [0.2, 0.25) is 0 Å². The number of nitrogens with zero attached hydrogens (tertiary/aromatic N) is 3. The van der Waals surface area contributed by atoms with E-state index in [1.165, 1.54) is 12.8 Å². The molecule has 4 heteroatoms. The molecular weight excluding hydrogens is 224 g/mol. The van der Waals surface area contributed by atoms with Gasteiger partial charge in [-0.25, -0.2) is 9.97 Å². The van der Waals surface area contributed by atoms with E-state index < -0.39 is 0 Å². The van der Waals surface area contributed by atoms with E-state index >= 15 is 0 Å². The largest absolute Gasteiger partial charge is 0.362 e. The Morgan fingerprint density at radius 2 is 2.28 bits per heavy atom. The van der Waals surface area contributed by atoms with Gasteiger partial charge in [-0.1, -0.05) is 19.9 Å². The second-order valence-corrected chi connectivity index (χ2v) is 5.09. The maximum atomic E-state index is 5.83. The van der Waals surface area contributed by atoms with Gasteiger partial charge in [-0.05, 0) is 12.8 Å². The van der Waals surface area contributed by atoms with Crippen molar-refractivity contribution in [2.24, 2.45) is 5.73 Å². The summed E-state index contributed by atoms with van der Waals surface area (Å²) in [4.78, 5) is 11.4. The van der Waals surface area contributed by atoms with Crippen molar-refractivity contribution in [1.29, 1.82) is 0 Å². The number of aromatic nitrogens is 2. The maximum Gasteiger partial charge on any atom is 0.131 e. The summed E-state index contributed by atoms with van der Waals surface area (Å²) in [6.07, 6.45) is 6.33. The molecule has 0 saturated heterocycles. The molecule has 0 radical (unpaired) electrons. The zero-order valence-corrected chi connectivity index (χ0v) is 11.3. The summed E-state index contributed by atoms with van der Waals surface area (Å²) >= 11 is 0. The second kappa shape index (κ2) is 5.48. The first-order valence-electron chi connectivity index (χ1n) is 6.60. The van der Waals surface area contributed by atoms with Crippen LogP contribution in [0.25, 0.3) is 0 Å². The van der Waals surface area contributed by atoms with Gasteiger partial charge in [0.25, 0.3) is 0 Å². The molecule has 98 valence electrons. The number of anilines is 1. The van der Waals surface area contributed by atoms with Crippen LogP contribution in [0.2, 0.25) is 0 Å². The minimum Gasteiger partial charge on any atom is -0.362 e. The van der Waals surface area contributed by atoms with Gasteiger partial charge < -0.3 is 10.6 Å². The molecule has 1 fully saturated rings. The van der Waals surface area contributed by atoms with Crippen LogP contribution in [0.4, 0.5) is 5.69 Å². The van der Waals surface area contributed by atoms with Gasteiger partial charge in [0.1, 0.15) is 5.82 Å². The third-order valence-electron chi connectivity index (χ3n) is 3.20. The van der Waals surface area contributed by atoms with Crippen molar-refractivity contribution in [3.63, 3.8) is 0 Å². The first-order chi connectivity index (χ1) is 8.67. The summed E-state index contributed by atoms with van der Waals surface area (Å²) in [6, 6.07) is 0.613. The maximum absolute atomic E-state index is 5.83. The first kappa shape index (κ1) is 13.0. The normalized spacial score (nSPS) is 14.9. The number of nitrogens with two attached hydrogens (primary N) is 1. The SMILES string of the molecule is C=CCN(c1cnc(C(C)C)nc1CN)C1CC1. The highest BCUT2D eigenvalue weighted by molar-refractivity contribution is 5.52. The van der Waals surface area contributed by atoms with Crippen molar-refractivity contribution in [2.75, 3.05) is 11.4 Å². The summed E-state index contributed by atoms with van der Waals surface area (Å²) in [5.74, 6) is 1.20. The molecular formula is C14H22N4. The monoisotopic (exact) mass is 246 g/mol. The Kier molecular flexibility index (Phi) is 3.97. The molecule has 4 nitrogen and oxygen atoms in total. The fourth-order valence-corrected chi connectivity index (χ4v) is 2.06. The van der Waals surface area contributed by atoms with E-state index in [2.05, 4.69) is 35.3 Å². The van der Waals surface area contributed by atoms with Crippen molar-refractivity contribution >= 4 is 5.69 Å². The molecule has 1 aromatic rings. The average molecular weight is 246 g/mol. The lowest BCUT2D eigenvalue weighted by Gasteiger charge is -2.25. The van der Waals surface area contributed by atoms with Crippen LogP contribution >= 0.6 is 0 Å². The summed E-state index contributed by atoms with van der Waals surface area (Å²) < 4.78 is 0. The molecule has 0 amide bonds. The van der Waals surface area contributed by atoms with E-state index in [0.717, 1.165) is 23.8 Å². The molecule has 0 spiro atoms. The van der Waals surface area contributed by atoms with Crippen LogP contribution in [0, 0.1) is 0 Å². The first-order valence-corrected chi connectivity index (χ1v) is 6.60. The highest BCUT2D eigenvalue weighted by atomic mass is 15.2. The molecule has 1 heterocycles. The lowest BCUT2D eigenvalue weighted by molar-refractivity contribution is 0.743. The van der Waals surface area contributed by atoms with Crippen molar-refractivity contribution in [1.82, 2.24) is 9.97 Å². The molecule has 0 aromatic carbocycles. The third-order valence-corrected chi connectivity index (χ3v) is 3.20. The van der Waals surface area contributed by atoms with E-state index in [4.69, 9.17) is 5.73 Å². The summed E-state index contributed by atoms with van der Waals surface area (Å²) in [6.45, 7) is 9.31. The molecule has 1 aliphatic carbocycles. The Balaban J connectivity index is 2.32. The Hall–Kier alpha value is -1.42. The van der Waals surface area contributed by atoms with Crippen molar-refractivity contribution in [3.05, 3.63) is 30.4 Å². The van der Waals surface area contributed by atoms with Crippen molar-refractivity contribution in [2.45, 2.75) is 45.2 Å². The van der Waals surface area contributed by atoms with Gasteiger partial charge in [-0.15, -0.1) is 6.58 Å². The van der Waals surface area contributed by atoms with Crippen LogP contribution in [-0.2, 0) is 6.54 Å². The number of hydrogen-bond donors (Lipinski definition) is 1. The predicted molar refractivity (Wildman–Crippen MR) is 74.6 cm³/mol. The lowest BCUT2D eigenvalue weighted by Crippen LogP contribution is -2.28. The molecule has 2 rings (SSSR count). The molecule has 0 aliphatic heterocycles. The minimum atomic E-state index is 0.332. The molecule has 1 aromatic heterocycles. The Morgan fingerprint density at radius 1 is 1.56 bits per heavy atom. The van der Waals surface area contributed by atoms with E-state index in [0.29, 0.717) is 18.5 Å². The molecule has 0 bridgehead atoms. The van der Waals surface area contributed by atoms with Crippen molar-refractivity contribution < 1.29 is 0 Å². The van der Waals surface area contributed by atoms with Crippen LogP contribution < -0.4 is 10.6 Å². The van der Waals surface area contributed by atoms with E-state index in [9.17, 15) is 0 Å². The molecule has 0 atom stereocenters. The lowest BCUT2D eigenvalue weighted by atomic mass is 10.2. The second-order valence-electron chi connectivity index (χ2n) is 5.09. The summed E-state index contributed by atoms with van der Waals surface area (Å²) in [5.41, 5.74) is 7.85. The average Bonchev–Trinajstić information content (AvgIpc) is 3.19. The topological polar surface area (TPSA) is 55.0 Å². The number of hydrogen-bond acceptors (Lipinski definition) is 4. The van der Waals surface area contributed by atoms with Crippen LogP contribution in [0.3, 0.4) is 0 Å². The Morgan fingerprint density at radius 3 is 2.78 bits per heavy atom. The van der Waals surface area contributed by atoms with Gasteiger partial charge >= 0.3 is 0 Å². The molecule has 1 saturated carbocycles. The van der Waals surface area contributed by atoms with Gasteiger partial charge in [0.05, 0.1) is 17.6 Å². The standard InChI is InChI=1S/C14H22N4/c1-4-7-18(11-5-6-11)13-9-16-14(10(2)3)17-12(13)8-15/h4,9-11H,1,5-8,15H2,2-3H3. The predicted octanol–water partition coefficient (Wildman–Crippen LogP) is 2.21. The summed E-state index contributed by atoms with van der Waals surface area (Å²) in [7, 11) is 0. The van der Waals surface area contributed by atoms with Crippen molar-refractivity contribution in [3.8, 4) is 0 Å². The zero-order chi connectivity index (χ0) is 13.1. The van der Waals surface area contributed by atoms with E-state index in [1.807, 2.05) is 12.3 Å². The van der Waals surface area contributed by atoms with Gasteiger partial charge in [0, 0.05) is 25.0 Å². The highest BCUT2D eigenvalue weighted by Gasteiger charge is 2.30. The quantitative estimate of drug-likeness (QED) is 0.782. The van der Waals surface area contributed by atoms with Crippen LogP contribution in [0.1, 0.15) is 44.1 Å². The smallest absolute Gasteiger partial charge is 0.131 e. The fourth-order valence-electron chi connectivity index (χ4n) is 2.06. The van der Waals surface area contributed by atoms with Crippen LogP contribution in [0.15, 0.2) is 18.9 Å². The Bertz CT molecular complexity index is 424. The van der Waals surface area contributed by atoms with Gasteiger partial charge in [-0.2, -0.15) is 0 Å². The summed E-state index contributed by atoms with van der Waals surface area (Å²) in [5, 5.41) is 0. The zero-order valence-electron chi connectivity index (χ0n) is 11.3. The molecule has 2 N–H and O–H groups in total. The molecule has 0 unspecified atom stereocenters. The van der Waals surface area contributed by atoms with E-state index in [1.54, 1.807) is 0 Å². The van der Waals surface area contributed by atoms with E-state index in [-0.39, 0.29) is 0 Å². The van der Waals surface area contributed by atoms with Crippen LogP contribution in [0.5, 0.6) is 0 Å². The van der Waals surface area contributed by atoms with Crippen LogP contribution in [-0.4, -0.2) is 22.6 Å². The number of rotatable bonds is 6. The minimum absolute atomic E-state index is 0.332.